The Morgan fingerprint density at radius 1 is 0.952 bits per heavy atom. The van der Waals surface area contributed by atoms with E-state index in [0.29, 0.717) is 53.9 Å². The summed E-state index contributed by atoms with van der Waals surface area (Å²) in [6.07, 6.45) is 7.73. The van der Waals surface area contributed by atoms with E-state index in [1.807, 2.05) is 47.4 Å². The third kappa shape index (κ3) is 6.20. The smallest absolute Gasteiger partial charge is 0.228 e. The highest BCUT2D eigenvalue weighted by Crippen LogP contribution is 2.60. The van der Waals surface area contributed by atoms with Gasteiger partial charge in [-0.1, -0.05) is 45.5 Å². The normalized spacial score (nSPS) is 23.9. The molecule has 42 heavy (non-hydrogen) atoms. The van der Waals surface area contributed by atoms with E-state index in [0.717, 1.165) is 39.9 Å². The zero-order valence-corrected chi connectivity index (χ0v) is 26.5. The number of hydrogen-bond acceptors (Lipinski definition) is 7. The Balaban J connectivity index is 1.14. The SMILES string of the molecule is COc1ccc(CCN(CCC(=O)Nc2nnc(-c3ccc(Br)cc3)s2)C(=O)C23CC4CC(CC(C4)C2)C3)cc1OC. The van der Waals surface area contributed by atoms with E-state index >= 15 is 0 Å². The average Bonchev–Trinajstić information content (AvgIpc) is 3.44. The largest absolute Gasteiger partial charge is 0.493 e. The van der Waals surface area contributed by atoms with Gasteiger partial charge in [0, 0.05) is 29.5 Å². The number of carbonyl (C=O) groups excluding carboxylic acids is 2. The van der Waals surface area contributed by atoms with E-state index in [2.05, 4.69) is 31.4 Å². The van der Waals surface area contributed by atoms with Gasteiger partial charge in [-0.15, -0.1) is 10.2 Å². The van der Waals surface area contributed by atoms with E-state index in [1.54, 1.807) is 14.2 Å². The summed E-state index contributed by atoms with van der Waals surface area (Å²) < 4.78 is 11.9. The number of hydrogen-bond donors (Lipinski definition) is 1. The molecular weight excluding hydrogens is 616 g/mol. The van der Waals surface area contributed by atoms with Crippen molar-refractivity contribution in [2.45, 2.75) is 51.4 Å². The molecule has 4 fully saturated rings. The van der Waals surface area contributed by atoms with Gasteiger partial charge < -0.3 is 19.7 Å². The van der Waals surface area contributed by atoms with Gasteiger partial charge in [0.1, 0.15) is 5.01 Å². The van der Waals surface area contributed by atoms with Gasteiger partial charge in [-0.05, 0) is 92.5 Å². The van der Waals surface area contributed by atoms with E-state index < -0.39 is 0 Å². The molecule has 0 radical (unpaired) electrons. The van der Waals surface area contributed by atoms with Crippen molar-refractivity contribution in [1.82, 2.24) is 15.1 Å². The molecule has 1 N–H and O–H groups in total. The summed E-state index contributed by atoms with van der Waals surface area (Å²) in [6, 6.07) is 13.7. The molecule has 0 saturated heterocycles. The van der Waals surface area contributed by atoms with Crippen molar-refractivity contribution < 1.29 is 19.1 Å². The summed E-state index contributed by atoms with van der Waals surface area (Å²) >= 11 is 4.79. The van der Waals surface area contributed by atoms with Gasteiger partial charge in [-0.2, -0.15) is 0 Å². The predicted octanol–water partition coefficient (Wildman–Crippen LogP) is 6.60. The van der Waals surface area contributed by atoms with Crippen LogP contribution in [0.4, 0.5) is 5.13 Å². The molecule has 7 rings (SSSR count). The number of nitrogens with one attached hydrogen (secondary N) is 1. The number of aromatic nitrogens is 2. The molecule has 0 atom stereocenters. The number of amides is 2. The zero-order chi connectivity index (χ0) is 29.3. The van der Waals surface area contributed by atoms with Gasteiger partial charge in [0.15, 0.2) is 11.5 Å². The fourth-order valence-corrected chi connectivity index (χ4v) is 8.75. The van der Waals surface area contributed by atoms with Gasteiger partial charge in [-0.25, -0.2) is 0 Å². The van der Waals surface area contributed by atoms with E-state index in [1.165, 1.54) is 30.6 Å². The number of rotatable bonds is 11. The molecular formula is C32H37BrN4O4S. The van der Waals surface area contributed by atoms with Crippen molar-refractivity contribution in [2.24, 2.45) is 23.2 Å². The minimum atomic E-state index is -0.262. The number of methoxy groups -OCH3 is 2. The minimum absolute atomic E-state index is 0.164. The number of nitrogens with zero attached hydrogens (tertiary/aromatic N) is 3. The highest BCUT2D eigenvalue weighted by atomic mass is 79.9. The van der Waals surface area contributed by atoms with Crippen LogP contribution >= 0.6 is 27.3 Å². The molecule has 0 spiro atoms. The third-order valence-corrected chi connectivity index (χ3v) is 10.7. The lowest BCUT2D eigenvalue weighted by Gasteiger charge is -2.56. The van der Waals surface area contributed by atoms with Gasteiger partial charge in [0.25, 0.3) is 0 Å². The maximum atomic E-state index is 14.3. The number of benzene rings is 2. The average molecular weight is 654 g/mol. The Hall–Kier alpha value is -2.98. The quantitative estimate of drug-likeness (QED) is 0.251. The third-order valence-electron chi connectivity index (χ3n) is 9.27. The number of anilines is 1. The van der Waals surface area contributed by atoms with Crippen LogP contribution in [0.15, 0.2) is 46.9 Å². The van der Waals surface area contributed by atoms with Crippen LogP contribution < -0.4 is 14.8 Å². The fraction of sp³-hybridized carbons (Fsp3) is 0.500. The van der Waals surface area contributed by atoms with Gasteiger partial charge in [-0.3, -0.25) is 9.59 Å². The first-order valence-electron chi connectivity index (χ1n) is 14.7. The molecule has 1 heterocycles. The maximum Gasteiger partial charge on any atom is 0.228 e. The molecule has 3 aromatic rings. The minimum Gasteiger partial charge on any atom is -0.493 e. The molecule has 222 valence electrons. The van der Waals surface area contributed by atoms with Crippen LogP contribution in [0.5, 0.6) is 11.5 Å². The van der Waals surface area contributed by atoms with Crippen LogP contribution in [0.25, 0.3) is 10.6 Å². The molecule has 4 aliphatic rings. The van der Waals surface area contributed by atoms with Crippen molar-refractivity contribution in [3.8, 4) is 22.1 Å². The number of carbonyl (C=O) groups is 2. The lowest BCUT2D eigenvalue weighted by Crippen LogP contribution is -2.55. The Kier molecular flexibility index (Phi) is 8.54. The second-order valence-corrected chi connectivity index (χ2v) is 14.0. The molecule has 2 amide bonds. The van der Waals surface area contributed by atoms with E-state index in [-0.39, 0.29) is 23.7 Å². The van der Waals surface area contributed by atoms with Gasteiger partial charge in [0.2, 0.25) is 16.9 Å². The molecule has 0 unspecified atom stereocenters. The van der Waals surface area contributed by atoms with Crippen LogP contribution in [-0.2, 0) is 16.0 Å². The summed E-state index contributed by atoms with van der Waals surface area (Å²) in [5.74, 6) is 3.45. The Morgan fingerprint density at radius 2 is 1.62 bits per heavy atom. The molecule has 2 aromatic carbocycles. The number of ether oxygens (including phenoxy) is 2. The van der Waals surface area contributed by atoms with Crippen molar-refractivity contribution >= 4 is 44.2 Å². The fourth-order valence-electron chi connectivity index (χ4n) is 7.72. The molecule has 4 aliphatic carbocycles. The second kappa shape index (κ2) is 12.3. The lowest BCUT2D eigenvalue weighted by atomic mass is 9.49. The zero-order valence-electron chi connectivity index (χ0n) is 24.1. The Bertz CT molecular complexity index is 1410. The van der Waals surface area contributed by atoms with Crippen LogP contribution in [0.2, 0.25) is 0 Å². The Morgan fingerprint density at radius 3 is 2.26 bits per heavy atom. The van der Waals surface area contributed by atoms with Gasteiger partial charge >= 0.3 is 0 Å². The van der Waals surface area contributed by atoms with Crippen molar-refractivity contribution in [1.29, 1.82) is 0 Å². The first kappa shape index (κ1) is 29.1. The summed E-state index contributed by atoms with van der Waals surface area (Å²) in [4.78, 5) is 29.3. The second-order valence-electron chi connectivity index (χ2n) is 12.1. The lowest BCUT2D eigenvalue weighted by molar-refractivity contribution is -0.157. The molecule has 4 saturated carbocycles. The number of halogens is 1. The molecule has 4 bridgehead atoms. The predicted molar refractivity (Wildman–Crippen MR) is 167 cm³/mol. The summed E-state index contributed by atoms with van der Waals surface area (Å²) in [5.41, 5.74) is 1.75. The maximum absolute atomic E-state index is 14.3. The topological polar surface area (TPSA) is 93.6 Å². The molecule has 1 aromatic heterocycles. The summed E-state index contributed by atoms with van der Waals surface area (Å²) in [5, 5.41) is 12.5. The van der Waals surface area contributed by atoms with Crippen LogP contribution in [0, 0.1) is 23.2 Å². The standard InChI is InChI=1S/C32H37BrN4O4S/c1-40-26-8-3-20(16-27(26)41-2)9-11-37(30(39)32-17-21-13-22(18-32)15-23(14-21)19-32)12-10-28(38)34-31-36-35-29(42-31)24-4-6-25(33)7-5-24/h3-8,16,21-23H,9-15,17-19H2,1-2H3,(H,34,36,38). The van der Waals surface area contributed by atoms with Crippen molar-refractivity contribution in [3.05, 3.63) is 52.5 Å². The summed E-state index contributed by atoms with van der Waals surface area (Å²) in [7, 11) is 3.25. The van der Waals surface area contributed by atoms with Crippen LogP contribution in [0.1, 0.15) is 50.5 Å². The Labute approximate surface area is 259 Å². The van der Waals surface area contributed by atoms with E-state index in [9.17, 15) is 9.59 Å². The first-order chi connectivity index (χ1) is 20.3. The highest BCUT2D eigenvalue weighted by Gasteiger charge is 2.55. The summed E-state index contributed by atoms with van der Waals surface area (Å²) in [6.45, 7) is 0.925. The van der Waals surface area contributed by atoms with Crippen molar-refractivity contribution in [3.63, 3.8) is 0 Å². The van der Waals surface area contributed by atoms with E-state index in [4.69, 9.17) is 9.47 Å². The van der Waals surface area contributed by atoms with Crippen LogP contribution in [0.3, 0.4) is 0 Å². The van der Waals surface area contributed by atoms with Crippen molar-refractivity contribution in [2.75, 3.05) is 32.6 Å². The monoisotopic (exact) mass is 652 g/mol. The highest BCUT2D eigenvalue weighted by molar-refractivity contribution is 9.10. The molecule has 0 aliphatic heterocycles. The molecule has 10 heteroatoms. The van der Waals surface area contributed by atoms with Crippen LogP contribution in [-0.4, -0.2) is 54.2 Å². The first-order valence-corrected chi connectivity index (χ1v) is 16.3. The molecule has 8 nitrogen and oxygen atoms in total. The van der Waals surface area contributed by atoms with Gasteiger partial charge in [0.05, 0.1) is 19.6 Å².